The SMILES string of the molecule is COc1ncc(C(CN)CNC(=O)OC(C)(C)C)cc1C. The number of carbonyl (C=O) groups is 1. The van der Waals surface area contributed by atoms with Gasteiger partial charge in [0.1, 0.15) is 5.60 Å². The van der Waals surface area contributed by atoms with Crippen LogP contribution in [-0.4, -0.2) is 36.9 Å². The number of aryl methyl sites for hydroxylation is 1. The van der Waals surface area contributed by atoms with Crippen molar-refractivity contribution < 1.29 is 14.3 Å². The molecule has 0 bridgehead atoms. The minimum Gasteiger partial charge on any atom is -0.481 e. The predicted molar refractivity (Wildman–Crippen MR) is 81.6 cm³/mol. The molecule has 6 nitrogen and oxygen atoms in total. The number of pyridine rings is 1. The van der Waals surface area contributed by atoms with Gasteiger partial charge in [-0.2, -0.15) is 0 Å². The van der Waals surface area contributed by atoms with E-state index >= 15 is 0 Å². The van der Waals surface area contributed by atoms with E-state index < -0.39 is 11.7 Å². The molecule has 21 heavy (non-hydrogen) atoms. The number of nitrogens with zero attached hydrogens (tertiary/aromatic N) is 1. The molecule has 0 aliphatic rings. The number of aromatic nitrogens is 1. The number of alkyl carbamates (subject to hydrolysis) is 1. The van der Waals surface area contributed by atoms with Crippen LogP contribution in [0.4, 0.5) is 4.79 Å². The van der Waals surface area contributed by atoms with E-state index in [9.17, 15) is 4.79 Å². The summed E-state index contributed by atoms with van der Waals surface area (Å²) in [4.78, 5) is 15.9. The quantitative estimate of drug-likeness (QED) is 0.867. The lowest BCUT2D eigenvalue weighted by Gasteiger charge is -2.21. The van der Waals surface area contributed by atoms with Crippen molar-refractivity contribution in [3.63, 3.8) is 0 Å². The highest BCUT2D eigenvalue weighted by atomic mass is 16.6. The first kappa shape index (κ1) is 17.2. The number of hydrogen-bond donors (Lipinski definition) is 2. The van der Waals surface area contributed by atoms with Gasteiger partial charge < -0.3 is 20.5 Å². The van der Waals surface area contributed by atoms with Gasteiger partial charge >= 0.3 is 6.09 Å². The Kier molecular flexibility index (Phi) is 5.96. The molecule has 118 valence electrons. The van der Waals surface area contributed by atoms with E-state index in [1.807, 2.05) is 33.8 Å². The maximum Gasteiger partial charge on any atom is 0.407 e. The van der Waals surface area contributed by atoms with Crippen molar-refractivity contribution in [3.05, 3.63) is 23.4 Å². The van der Waals surface area contributed by atoms with E-state index in [0.29, 0.717) is 19.0 Å². The van der Waals surface area contributed by atoms with Crippen molar-refractivity contribution in [3.8, 4) is 5.88 Å². The van der Waals surface area contributed by atoms with Crippen molar-refractivity contribution >= 4 is 6.09 Å². The molecule has 0 aliphatic carbocycles. The fraction of sp³-hybridized carbons (Fsp3) is 0.600. The van der Waals surface area contributed by atoms with Gasteiger partial charge in [-0.15, -0.1) is 0 Å². The summed E-state index contributed by atoms with van der Waals surface area (Å²) in [5.41, 5.74) is 7.17. The predicted octanol–water partition coefficient (Wildman–Crippen LogP) is 1.97. The normalized spacial score (nSPS) is 12.7. The Balaban J connectivity index is 2.67. The monoisotopic (exact) mass is 295 g/mol. The maximum atomic E-state index is 11.7. The second-order valence-electron chi connectivity index (χ2n) is 5.91. The molecule has 0 aliphatic heterocycles. The minimum atomic E-state index is -0.513. The summed E-state index contributed by atoms with van der Waals surface area (Å²) in [6.07, 6.45) is 1.28. The van der Waals surface area contributed by atoms with Crippen molar-refractivity contribution in [1.29, 1.82) is 0 Å². The molecule has 0 aromatic carbocycles. The van der Waals surface area contributed by atoms with Gasteiger partial charge in [-0.05, 0) is 39.3 Å². The van der Waals surface area contributed by atoms with Gasteiger partial charge in [0.2, 0.25) is 5.88 Å². The second-order valence-corrected chi connectivity index (χ2v) is 5.91. The first-order valence-corrected chi connectivity index (χ1v) is 6.94. The minimum absolute atomic E-state index is 0.0189. The van der Waals surface area contributed by atoms with Crippen LogP contribution in [0, 0.1) is 6.92 Å². The molecular weight excluding hydrogens is 270 g/mol. The van der Waals surface area contributed by atoms with Crippen LogP contribution in [0.3, 0.4) is 0 Å². The van der Waals surface area contributed by atoms with Gasteiger partial charge in [0.25, 0.3) is 0 Å². The average molecular weight is 295 g/mol. The van der Waals surface area contributed by atoms with Gasteiger partial charge in [0.05, 0.1) is 7.11 Å². The summed E-state index contributed by atoms with van der Waals surface area (Å²) in [5, 5.41) is 2.74. The molecule has 1 rings (SSSR count). The number of hydrogen-bond acceptors (Lipinski definition) is 5. The van der Waals surface area contributed by atoms with Gasteiger partial charge in [-0.3, -0.25) is 0 Å². The third kappa shape index (κ3) is 5.59. The topological polar surface area (TPSA) is 86.5 Å². The fourth-order valence-electron chi connectivity index (χ4n) is 1.88. The number of ether oxygens (including phenoxy) is 2. The Morgan fingerprint density at radius 3 is 2.62 bits per heavy atom. The number of carbonyl (C=O) groups excluding carboxylic acids is 1. The Bertz CT molecular complexity index is 484. The summed E-state index contributed by atoms with van der Waals surface area (Å²) < 4.78 is 10.3. The highest BCUT2D eigenvalue weighted by Crippen LogP contribution is 2.20. The Labute approximate surface area is 126 Å². The molecule has 1 aromatic rings. The van der Waals surface area contributed by atoms with Crippen LogP contribution in [-0.2, 0) is 4.74 Å². The molecular formula is C15H25N3O3. The van der Waals surface area contributed by atoms with Gasteiger partial charge in [0.15, 0.2) is 0 Å². The molecule has 1 amide bonds. The number of nitrogens with one attached hydrogen (secondary N) is 1. The zero-order chi connectivity index (χ0) is 16.0. The number of nitrogens with two attached hydrogens (primary N) is 1. The molecule has 1 aromatic heterocycles. The smallest absolute Gasteiger partial charge is 0.407 e. The largest absolute Gasteiger partial charge is 0.481 e. The van der Waals surface area contributed by atoms with Crippen molar-refractivity contribution in [1.82, 2.24) is 10.3 Å². The van der Waals surface area contributed by atoms with Crippen molar-refractivity contribution in [2.75, 3.05) is 20.2 Å². The van der Waals surface area contributed by atoms with Gasteiger partial charge in [-0.1, -0.05) is 0 Å². The molecule has 0 spiro atoms. The number of amides is 1. The maximum absolute atomic E-state index is 11.7. The molecule has 0 saturated carbocycles. The first-order valence-electron chi connectivity index (χ1n) is 6.94. The molecule has 3 N–H and O–H groups in total. The Hall–Kier alpha value is -1.82. The van der Waals surface area contributed by atoms with Crippen molar-refractivity contribution in [2.45, 2.75) is 39.2 Å². The molecule has 1 unspecified atom stereocenters. The fourth-order valence-corrected chi connectivity index (χ4v) is 1.88. The Morgan fingerprint density at radius 1 is 1.48 bits per heavy atom. The van der Waals surface area contributed by atoms with E-state index in [1.54, 1.807) is 13.3 Å². The third-order valence-corrected chi connectivity index (χ3v) is 2.89. The van der Waals surface area contributed by atoms with Gasteiger partial charge in [-0.25, -0.2) is 9.78 Å². The lowest BCUT2D eigenvalue weighted by atomic mass is 10.00. The molecule has 6 heteroatoms. The van der Waals surface area contributed by atoms with Crippen LogP contribution in [0.15, 0.2) is 12.3 Å². The van der Waals surface area contributed by atoms with Crippen LogP contribution in [0.5, 0.6) is 5.88 Å². The van der Waals surface area contributed by atoms with E-state index in [1.165, 1.54) is 0 Å². The van der Waals surface area contributed by atoms with E-state index in [0.717, 1.165) is 11.1 Å². The summed E-state index contributed by atoms with van der Waals surface area (Å²) in [7, 11) is 1.58. The van der Waals surface area contributed by atoms with Crippen LogP contribution in [0.25, 0.3) is 0 Å². The van der Waals surface area contributed by atoms with E-state index in [-0.39, 0.29) is 5.92 Å². The zero-order valence-electron chi connectivity index (χ0n) is 13.4. The molecule has 0 fully saturated rings. The molecule has 1 atom stereocenters. The zero-order valence-corrected chi connectivity index (χ0v) is 13.4. The van der Waals surface area contributed by atoms with Crippen LogP contribution >= 0.6 is 0 Å². The summed E-state index contributed by atoms with van der Waals surface area (Å²) in [5.74, 6) is 0.573. The Morgan fingerprint density at radius 2 is 2.14 bits per heavy atom. The molecule has 0 radical (unpaired) electrons. The lowest BCUT2D eigenvalue weighted by molar-refractivity contribution is 0.0525. The summed E-state index contributed by atoms with van der Waals surface area (Å²) in [6.45, 7) is 8.20. The highest BCUT2D eigenvalue weighted by molar-refractivity contribution is 5.67. The second kappa shape index (κ2) is 7.26. The summed E-state index contributed by atoms with van der Waals surface area (Å²) >= 11 is 0. The van der Waals surface area contributed by atoms with Gasteiger partial charge in [0, 0.05) is 30.8 Å². The summed E-state index contributed by atoms with van der Waals surface area (Å²) in [6, 6.07) is 1.97. The third-order valence-electron chi connectivity index (χ3n) is 2.89. The molecule has 1 heterocycles. The van der Waals surface area contributed by atoms with Crippen molar-refractivity contribution in [2.24, 2.45) is 5.73 Å². The standard InChI is InChI=1S/C15H25N3O3/c1-10-6-11(8-17-13(10)20-5)12(7-16)9-18-14(19)21-15(2,3)4/h6,8,12H,7,9,16H2,1-5H3,(H,18,19). The van der Waals surface area contributed by atoms with E-state index in [2.05, 4.69) is 10.3 Å². The highest BCUT2D eigenvalue weighted by Gasteiger charge is 2.18. The number of rotatable bonds is 5. The first-order chi connectivity index (χ1) is 9.76. The lowest BCUT2D eigenvalue weighted by Crippen LogP contribution is -2.36. The van der Waals surface area contributed by atoms with Crippen LogP contribution in [0.1, 0.15) is 37.8 Å². The average Bonchev–Trinajstić information content (AvgIpc) is 2.37. The molecule has 0 saturated heterocycles. The van der Waals surface area contributed by atoms with Crippen LogP contribution < -0.4 is 15.8 Å². The number of methoxy groups -OCH3 is 1. The van der Waals surface area contributed by atoms with Crippen LogP contribution in [0.2, 0.25) is 0 Å². The van der Waals surface area contributed by atoms with E-state index in [4.69, 9.17) is 15.2 Å².